The van der Waals surface area contributed by atoms with Gasteiger partial charge in [-0.1, -0.05) is 0 Å². The molecular formula is C13H14F2N2O2. The number of nitrogens with zero attached hydrogens (tertiary/aromatic N) is 1. The molecular weight excluding hydrogens is 254 g/mol. The van der Waals surface area contributed by atoms with Crippen LogP contribution in [0.5, 0.6) is 0 Å². The Hall–Kier alpha value is -1.98. The summed E-state index contributed by atoms with van der Waals surface area (Å²) >= 11 is 0. The minimum Gasteiger partial charge on any atom is -0.341 e. The maximum atomic E-state index is 13.1. The maximum absolute atomic E-state index is 13.1. The van der Waals surface area contributed by atoms with E-state index in [1.54, 1.807) is 13.8 Å². The first-order valence-corrected chi connectivity index (χ1v) is 5.83. The third-order valence-electron chi connectivity index (χ3n) is 2.90. The molecule has 1 heterocycles. The average molecular weight is 268 g/mol. The van der Waals surface area contributed by atoms with Crippen molar-refractivity contribution in [1.82, 2.24) is 10.2 Å². The molecule has 19 heavy (non-hydrogen) atoms. The number of carbonyl (C=O) groups is 2. The summed E-state index contributed by atoms with van der Waals surface area (Å²) in [6, 6.07) is 3.06. The van der Waals surface area contributed by atoms with Gasteiger partial charge in [0.05, 0.1) is 6.54 Å². The lowest BCUT2D eigenvalue weighted by atomic mass is 10.00. The second kappa shape index (κ2) is 4.60. The molecule has 0 radical (unpaired) electrons. The largest absolute Gasteiger partial charge is 0.341 e. The van der Waals surface area contributed by atoms with E-state index in [1.165, 1.54) is 4.90 Å². The molecule has 0 aliphatic carbocycles. The van der Waals surface area contributed by atoms with E-state index in [-0.39, 0.29) is 24.9 Å². The topological polar surface area (TPSA) is 49.4 Å². The van der Waals surface area contributed by atoms with Crippen LogP contribution in [0.3, 0.4) is 0 Å². The molecule has 1 N–H and O–H groups in total. The quantitative estimate of drug-likeness (QED) is 0.876. The second-order valence-electron chi connectivity index (χ2n) is 5.11. The van der Waals surface area contributed by atoms with Gasteiger partial charge in [-0.2, -0.15) is 0 Å². The summed E-state index contributed by atoms with van der Waals surface area (Å²) in [5.74, 6) is -1.98. The van der Waals surface area contributed by atoms with Gasteiger partial charge in [0.1, 0.15) is 17.2 Å². The molecule has 0 atom stereocenters. The fourth-order valence-corrected chi connectivity index (χ4v) is 2.13. The Kier molecular flexibility index (Phi) is 3.26. The molecule has 0 aromatic heterocycles. The highest BCUT2D eigenvalue weighted by molar-refractivity contribution is 5.97. The molecule has 102 valence electrons. The molecule has 0 spiro atoms. The average Bonchev–Trinajstić information content (AvgIpc) is 2.23. The van der Waals surface area contributed by atoms with Crippen LogP contribution in [0.15, 0.2) is 18.2 Å². The molecule has 0 bridgehead atoms. The zero-order chi connectivity index (χ0) is 14.2. The summed E-state index contributed by atoms with van der Waals surface area (Å²) in [7, 11) is 0. The Balaban J connectivity index is 2.22. The highest BCUT2D eigenvalue weighted by atomic mass is 19.1. The number of rotatable bonds is 2. The zero-order valence-corrected chi connectivity index (χ0v) is 10.7. The van der Waals surface area contributed by atoms with E-state index in [1.807, 2.05) is 0 Å². The number of hydrogen-bond donors (Lipinski definition) is 1. The summed E-state index contributed by atoms with van der Waals surface area (Å²) in [6.45, 7) is 3.07. The van der Waals surface area contributed by atoms with E-state index in [4.69, 9.17) is 0 Å². The van der Waals surface area contributed by atoms with Gasteiger partial charge in [-0.3, -0.25) is 9.59 Å². The van der Waals surface area contributed by atoms with E-state index in [9.17, 15) is 18.4 Å². The Bertz CT molecular complexity index is 523. The number of piperazine rings is 1. The van der Waals surface area contributed by atoms with Gasteiger partial charge in [-0.15, -0.1) is 0 Å². The molecule has 4 nitrogen and oxygen atoms in total. The molecule has 1 fully saturated rings. The fourth-order valence-electron chi connectivity index (χ4n) is 2.13. The summed E-state index contributed by atoms with van der Waals surface area (Å²) in [5, 5.41) is 2.57. The van der Waals surface area contributed by atoms with Crippen LogP contribution in [-0.4, -0.2) is 28.8 Å². The maximum Gasteiger partial charge on any atom is 0.248 e. The summed E-state index contributed by atoms with van der Waals surface area (Å²) in [5.41, 5.74) is -0.683. The van der Waals surface area contributed by atoms with Gasteiger partial charge in [-0.05, 0) is 31.5 Å². The summed E-state index contributed by atoms with van der Waals surface area (Å²) in [4.78, 5) is 24.9. The van der Waals surface area contributed by atoms with Gasteiger partial charge in [-0.25, -0.2) is 8.78 Å². The molecule has 6 heteroatoms. The van der Waals surface area contributed by atoms with Crippen molar-refractivity contribution in [3.63, 3.8) is 0 Å². The highest BCUT2D eigenvalue weighted by Crippen LogP contribution is 2.17. The van der Waals surface area contributed by atoms with Crippen LogP contribution in [-0.2, 0) is 16.1 Å². The third kappa shape index (κ3) is 2.89. The predicted molar refractivity (Wildman–Crippen MR) is 64.0 cm³/mol. The van der Waals surface area contributed by atoms with Gasteiger partial charge in [0.15, 0.2) is 0 Å². The molecule has 1 aliphatic rings. The summed E-state index contributed by atoms with van der Waals surface area (Å²) in [6.07, 6.45) is 0. The molecule has 1 aliphatic heterocycles. The molecule has 2 rings (SSSR count). The lowest BCUT2D eigenvalue weighted by Gasteiger charge is -2.37. The predicted octanol–water partition coefficient (Wildman–Crippen LogP) is 1.20. The van der Waals surface area contributed by atoms with Crippen LogP contribution in [0.1, 0.15) is 19.4 Å². The molecule has 2 amide bonds. The van der Waals surface area contributed by atoms with Crippen molar-refractivity contribution < 1.29 is 18.4 Å². The Morgan fingerprint density at radius 1 is 1.21 bits per heavy atom. The summed E-state index contributed by atoms with van der Waals surface area (Å²) < 4.78 is 26.2. The van der Waals surface area contributed by atoms with E-state index in [0.29, 0.717) is 5.56 Å². The fraction of sp³-hybridized carbons (Fsp3) is 0.385. The number of benzene rings is 1. The van der Waals surface area contributed by atoms with Gasteiger partial charge in [0.25, 0.3) is 0 Å². The minimum atomic E-state index is -0.999. The van der Waals surface area contributed by atoms with Gasteiger partial charge in [0.2, 0.25) is 11.8 Å². The molecule has 0 unspecified atom stereocenters. The van der Waals surface area contributed by atoms with Crippen molar-refractivity contribution in [2.24, 2.45) is 0 Å². The number of hydrogen-bond acceptors (Lipinski definition) is 2. The van der Waals surface area contributed by atoms with E-state index in [0.717, 1.165) is 18.2 Å². The number of carbonyl (C=O) groups excluding carboxylic acids is 2. The Labute approximate surface area is 109 Å². The monoisotopic (exact) mass is 268 g/mol. The van der Waals surface area contributed by atoms with Crippen molar-refractivity contribution in [3.05, 3.63) is 35.4 Å². The molecule has 1 aromatic rings. The van der Waals surface area contributed by atoms with Crippen molar-refractivity contribution in [3.8, 4) is 0 Å². The number of amides is 2. The second-order valence-corrected chi connectivity index (χ2v) is 5.11. The van der Waals surface area contributed by atoms with Crippen molar-refractivity contribution in [2.75, 3.05) is 6.54 Å². The van der Waals surface area contributed by atoms with Crippen LogP contribution in [0.25, 0.3) is 0 Å². The standard InChI is InChI=1S/C13H14F2N2O2/c1-13(2)12(19)17(7-11(18)16-13)6-8-3-9(14)5-10(15)4-8/h3-5H,6-7H2,1-2H3,(H,16,18). The van der Waals surface area contributed by atoms with Gasteiger partial charge in [0, 0.05) is 12.6 Å². The Morgan fingerprint density at radius 2 is 1.79 bits per heavy atom. The highest BCUT2D eigenvalue weighted by Gasteiger charge is 2.38. The first-order chi connectivity index (χ1) is 8.78. The first-order valence-electron chi connectivity index (χ1n) is 5.83. The lowest BCUT2D eigenvalue weighted by Crippen LogP contribution is -2.63. The number of halogens is 2. The van der Waals surface area contributed by atoms with Crippen LogP contribution in [0.2, 0.25) is 0 Å². The first kappa shape index (κ1) is 13.5. The normalized spacial score (nSPS) is 18.4. The van der Waals surface area contributed by atoms with Gasteiger partial charge >= 0.3 is 0 Å². The van der Waals surface area contributed by atoms with Gasteiger partial charge < -0.3 is 10.2 Å². The number of nitrogens with one attached hydrogen (secondary N) is 1. The van der Waals surface area contributed by atoms with Crippen molar-refractivity contribution in [2.45, 2.75) is 25.9 Å². The minimum absolute atomic E-state index is 0.00433. The molecule has 1 aromatic carbocycles. The smallest absolute Gasteiger partial charge is 0.248 e. The lowest BCUT2D eigenvalue weighted by molar-refractivity contribution is -0.148. The van der Waals surface area contributed by atoms with E-state index < -0.39 is 17.2 Å². The van der Waals surface area contributed by atoms with Crippen molar-refractivity contribution in [1.29, 1.82) is 0 Å². The van der Waals surface area contributed by atoms with E-state index in [2.05, 4.69) is 5.32 Å². The molecule has 1 saturated heterocycles. The van der Waals surface area contributed by atoms with E-state index >= 15 is 0 Å². The zero-order valence-electron chi connectivity index (χ0n) is 10.7. The van der Waals surface area contributed by atoms with Crippen molar-refractivity contribution >= 4 is 11.8 Å². The third-order valence-corrected chi connectivity index (χ3v) is 2.90. The Morgan fingerprint density at radius 3 is 2.37 bits per heavy atom. The van der Waals surface area contributed by atoms with Crippen LogP contribution >= 0.6 is 0 Å². The van der Waals surface area contributed by atoms with Crippen LogP contribution in [0.4, 0.5) is 8.78 Å². The van der Waals surface area contributed by atoms with Crippen LogP contribution < -0.4 is 5.32 Å². The van der Waals surface area contributed by atoms with Crippen LogP contribution in [0, 0.1) is 11.6 Å². The molecule has 0 saturated carbocycles. The SMILES string of the molecule is CC1(C)NC(=O)CN(Cc2cc(F)cc(F)c2)C1=O.